The van der Waals surface area contributed by atoms with Crippen LogP contribution in [0.1, 0.15) is 45.4 Å². The summed E-state index contributed by atoms with van der Waals surface area (Å²) in [6, 6.07) is 0. The molecular weight excluding hydrogens is 250 g/mol. The van der Waals surface area contributed by atoms with Crippen LogP contribution in [0, 0.1) is 5.92 Å². The monoisotopic (exact) mass is 277 g/mol. The average Bonchev–Trinajstić information content (AvgIpc) is 2.34. The molecule has 1 atom stereocenters. The molecule has 0 aliphatic heterocycles. The van der Waals surface area contributed by atoms with E-state index < -0.39 is 9.84 Å². The largest absolute Gasteiger partial charge is 0.394 e. The molecule has 1 aliphatic carbocycles. The minimum Gasteiger partial charge on any atom is -0.394 e. The summed E-state index contributed by atoms with van der Waals surface area (Å²) in [6.07, 6.45) is 7.98. The van der Waals surface area contributed by atoms with E-state index >= 15 is 0 Å². The van der Waals surface area contributed by atoms with E-state index in [0.717, 1.165) is 12.8 Å². The summed E-state index contributed by atoms with van der Waals surface area (Å²) < 4.78 is 22.1. The van der Waals surface area contributed by atoms with Crippen LogP contribution in [-0.2, 0) is 9.84 Å². The number of hydrogen-bond donors (Lipinski definition) is 2. The zero-order valence-electron chi connectivity index (χ0n) is 11.6. The molecule has 0 aromatic rings. The van der Waals surface area contributed by atoms with Gasteiger partial charge in [-0.25, -0.2) is 8.42 Å². The number of sulfone groups is 1. The third-order valence-corrected chi connectivity index (χ3v) is 5.09. The van der Waals surface area contributed by atoms with Gasteiger partial charge >= 0.3 is 0 Å². The van der Waals surface area contributed by atoms with Gasteiger partial charge in [-0.3, -0.25) is 0 Å². The van der Waals surface area contributed by atoms with E-state index in [1.165, 1.54) is 25.5 Å². The van der Waals surface area contributed by atoms with Crippen LogP contribution >= 0.6 is 0 Å². The van der Waals surface area contributed by atoms with Gasteiger partial charge in [0.15, 0.2) is 0 Å². The average molecular weight is 277 g/mol. The highest BCUT2D eigenvalue weighted by atomic mass is 32.2. The minimum absolute atomic E-state index is 0.122. The van der Waals surface area contributed by atoms with E-state index in [-0.39, 0.29) is 17.9 Å². The molecule has 0 radical (unpaired) electrons. The van der Waals surface area contributed by atoms with Crippen LogP contribution in [0.15, 0.2) is 0 Å². The second kappa shape index (κ2) is 6.87. The molecule has 0 aromatic carbocycles. The first-order chi connectivity index (χ1) is 8.37. The molecule has 1 fully saturated rings. The van der Waals surface area contributed by atoms with Crippen LogP contribution in [0.25, 0.3) is 0 Å². The SMILES string of the molecule is C[C@@](CO)(NCCCS(C)(=O)=O)C1CCCCC1. The Morgan fingerprint density at radius 2 is 1.89 bits per heavy atom. The van der Waals surface area contributed by atoms with Crippen molar-refractivity contribution in [3.8, 4) is 0 Å². The van der Waals surface area contributed by atoms with Crippen molar-refractivity contribution in [2.75, 3.05) is 25.2 Å². The van der Waals surface area contributed by atoms with E-state index in [1.807, 2.05) is 0 Å². The Hall–Kier alpha value is -0.130. The summed E-state index contributed by atoms with van der Waals surface area (Å²) in [4.78, 5) is 0. The van der Waals surface area contributed by atoms with Gasteiger partial charge in [0.05, 0.1) is 12.4 Å². The third-order valence-electron chi connectivity index (χ3n) is 4.06. The molecule has 4 nitrogen and oxygen atoms in total. The Morgan fingerprint density at radius 3 is 2.39 bits per heavy atom. The Morgan fingerprint density at radius 1 is 1.28 bits per heavy atom. The lowest BCUT2D eigenvalue weighted by Crippen LogP contribution is -2.52. The third kappa shape index (κ3) is 5.24. The van der Waals surface area contributed by atoms with Gasteiger partial charge in [0.1, 0.15) is 9.84 Å². The normalized spacial score (nSPS) is 21.7. The number of nitrogens with one attached hydrogen (secondary N) is 1. The Labute approximate surface area is 111 Å². The predicted octanol–water partition coefficient (Wildman–Crippen LogP) is 1.34. The van der Waals surface area contributed by atoms with Crippen LogP contribution in [0.4, 0.5) is 0 Å². The fourth-order valence-corrected chi connectivity index (χ4v) is 3.45. The zero-order valence-corrected chi connectivity index (χ0v) is 12.4. The molecule has 108 valence electrons. The quantitative estimate of drug-likeness (QED) is 0.689. The highest BCUT2D eigenvalue weighted by molar-refractivity contribution is 7.90. The smallest absolute Gasteiger partial charge is 0.147 e. The summed E-state index contributed by atoms with van der Waals surface area (Å²) in [5.41, 5.74) is -0.252. The van der Waals surface area contributed by atoms with Crippen LogP contribution in [-0.4, -0.2) is 44.2 Å². The Bertz CT molecular complexity index is 336. The summed E-state index contributed by atoms with van der Waals surface area (Å²) in [5.74, 6) is 0.723. The molecule has 2 N–H and O–H groups in total. The van der Waals surface area contributed by atoms with Crippen molar-refractivity contribution in [3.05, 3.63) is 0 Å². The van der Waals surface area contributed by atoms with Gasteiger partial charge in [0.2, 0.25) is 0 Å². The molecule has 0 spiro atoms. The highest BCUT2D eigenvalue weighted by Gasteiger charge is 2.33. The van der Waals surface area contributed by atoms with Gasteiger partial charge in [0, 0.05) is 11.8 Å². The highest BCUT2D eigenvalue weighted by Crippen LogP contribution is 2.32. The molecule has 1 aliphatic rings. The van der Waals surface area contributed by atoms with E-state index in [9.17, 15) is 13.5 Å². The molecule has 0 bridgehead atoms. The standard InChI is InChI=1S/C13H27NO3S/c1-13(11-15,12-7-4-3-5-8-12)14-9-6-10-18(2,16)17/h12,14-15H,3-11H2,1-2H3/t13-/m0/s1. The molecule has 0 amide bonds. The Kier molecular flexibility index (Phi) is 6.08. The second-order valence-electron chi connectivity index (χ2n) is 5.82. The summed E-state index contributed by atoms with van der Waals surface area (Å²) in [6.45, 7) is 2.83. The molecule has 0 heterocycles. The second-order valence-corrected chi connectivity index (χ2v) is 8.08. The molecule has 0 saturated heterocycles. The zero-order chi connectivity index (χ0) is 13.6. The van der Waals surface area contributed by atoms with Crippen LogP contribution < -0.4 is 5.32 Å². The van der Waals surface area contributed by atoms with Crippen LogP contribution in [0.5, 0.6) is 0 Å². The maximum Gasteiger partial charge on any atom is 0.147 e. The van der Waals surface area contributed by atoms with E-state index in [1.54, 1.807) is 0 Å². The molecule has 0 unspecified atom stereocenters. The fourth-order valence-electron chi connectivity index (χ4n) is 2.78. The first kappa shape index (κ1) is 15.9. The summed E-state index contributed by atoms with van der Waals surface area (Å²) >= 11 is 0. The molecule has 1 saturated carbocycles. The number of aliphatic hydroxyl groups excluding tert-OH is 1. The van der Waals surface area contributed by atoms with Gasteiger partial charge < -0.3 is 10.4 Å². The van der Waals surface area contributed by atoms with Gasteiger partial charge in [-0.1, -0.05) is 19.3 Å². The first-order valence-corrected chi connectivity index (χ1v) is 8.97. The van der Waals surface area contributed by atoms with E-state index in [2.05, 4.69) is 12.2 Å². The lowest BCUT2D eigenvalue weighted by Gasteiger charge is -2.39. The molecular formula is C13H27NO3S. The summed E-state index contributed by atoms with van der Waals surface area (Å²) in [7, 11) is -2.88. The lowest BCUT2D eigenvalue weighted by atomic mass is 9.76. The van der Waals surface area contributed by atoms with Crippen LogP contribution in [0.3, 0.4) is 0 Å². The summed E-state index contributed by atoms with van der Waals surface area (Å²) in [5, 5.41) is 13.0. The van der Waals surface area contributed by atoms with Gasteiger partial charge in [0.25, 0.3) is 0 Å². The van der Waals surface area contributed by atoms with Crippen molar-refractivity contribution >= 4 is 9.84 Å². The number of rotatable bonds is 7. The van der Waals surface area contributed by atoms with Crippen LogP contribution in [0.2, 0.25) is 0 Å². The first-order valence-electron chi connectivity index (χ1n) is 6.91. The minimum atomic E-state index is -2.88. The van der Waals surface area contributed by atoms with E-state index in [0.29, 0.717) is 18.9 Å². The van der Waals surface area contributed by atoms with Gasteiger partial charge in [-0.2, -0.15) is 0 Å². The van der Waals surface area contributed by atoms with Gasteiger partial charge in [-0.05, 0) is 38.6 Å². The molecule has 5 heteroatoms. The Balaban J connectivity index is 2.39. The van der Waals surface area contributed by atoms with Crippen molar-refractivity contribution in [1.29, 1.82) is 0 Å². The fraction of sp³-hybridized carbons (Fsp3) is 1.00. The topological polar surface area (TPSA) is 66.4 Å². The van der Waals surface area contributed by atoms with Crippen molar-refractivity contribution in [1.82, 2.24) is 5.32 Å². The number of aliphatic hydroxyl groups is 1. The molecule has 1 rings (SSSR count). The van der Waals surface area contributed by atoms with Crippen molar-refractivity contribution in [2.45, 2.75) is 51.0 Å². The lowest BCUT2D eigenvalue weighted by molar-refractivity contribution is 0.0956. The maximum atomic E-state index is 11.0. The predicted molar refractivity (Wildman–Crippen MR) is 74.4 cm³/mol. The van der Waals surface area contributed by atoms with Crippen molar-refractivity contribution in [2.24, 2.45) is 5.92 Å². The van der Waals surface area contributed by atoms with Crippen molar-refractivity contribution < 1.29 is 13.5 Å². The van der Waals surface area contributed by atoms with Crippen molar-refractivity contribution in [3.63, 3.8) is 0 Å². The number of hydrogen-bond acceptors (Lipinski definition) is 4. The van der Waals surface area contributed by atoms with E-state index in [4.69, 9.17) is 0 Å². The molecule has 18 heavy (non-hydrogen) atoms. The van der Waals surface area contributed by atoms with Gasteiger partial charge in [-0.15, -0.1) is 0 Å². The molecule has 0 aromatic heterocycles. The maximum absolute atomic E-state index is 11.0.